The Morgan fingerprint density at radius 2 is 1.67 bits per heavy atom. The van der Waals surface area contributed by atoms with Crippen LogP contribution >= 0.6 is 11.3 Å². The third-order valence-corrected chi connectivity index (χ3v) is 6.86. The predicted molar refractivity (Wildman–Crippen MR) is 142 cm³/mol. The molecule has 0 bridgehead atoms. The van der Waals surface area contributed by atoms with Gasteiger partial charge in [0.2, 0.25) is 0 Å². The molecule has 0 aliphatic carbocycles. The number of pyridine rings is 1. The lowest BCUT2D eigenvalue weighted by molar-refractivity contribution is 0.0751. The van der Waals surface area contributed by atoms with Crippen LogP contribution in [0.1, 0.15) is 25.7 Å². The van der Waals surface area contributed by atoms with Crippen molar-refractivity contribution in [3.05, 3.63) is 107 Å². The highest BCUT2D eigenvalue weighted by Gasteiger charge is 2.22. The Balaban J connectivity index is 1.11. The molecule has 1 fully saturated rings. The van der Waals surface area contributed by atoms with E-state index >= 15 is 0 Å². The lowest BCUT2D eigenvalue weighted by atomic mass is 10.2. The van der Waals surface area contributed by atoms with Crippen LogP contribution < -0.4 is 15.0 Å². The minimum absolute atomic E-state index is 0.104. The molecule has 36 heavy (non-hydrogen) atoms. The fraction of sp³-hybridized carbons (Fsp3) is 0.179. The molecule has 5 rings (SSSR count). The Kier molecular flexibility index (Phi) is 7.23. The van der Waals surface area contributed by atoms with Gasteiger partial charge in [-0.1, -0.05) is 36.4 Å². The normalized spacial score (nSPS) is 13.3. The number of hydrogen-bond donors (Lipinski definition) is 1. The van der Waals surface area contributed by atoms with Gasteiger partial charge in [-0.3, -0.25) is 9.59 Å². The Hall–Kier alpha value is -4.17. The van der Waals surface area contributed by atoms with E-state index in [1.165, 1.54) is 11.3 Å². The lowest BCUT2D eigenvalue weighted by Gasteiger charge is -2.36. The summed E-state index contributed by atoms with van der Waals surface area (Å²) >= 11 is 1.48. The monoisotopic (exact) mass is 498 g/mol. The van der Waals surface area contributed by atoms with Gasteiger partial charge in [0.25, 0.3) is 11.8 Å². The largest absolute Gasteiger partial charge is 0.487 e. The zero-order valence-corrected chi connectivity index (χ0v) is 20.5. The summed E-state index contributed by atoms with van der Waals surface area (Å²) in [4.78, 5) is 34.4. The Morgan fingerprint density at radius 3 is 2.33 bits per heavy atom. The molecule has 4 aromatic rings. The van der Waals surface area contributed by atoms with Gasteiger partial charge in [0.15, 0.2) is 0 Å². The van der Waals surface area contributed by atoms with Crippen molar-refractivity contribution in [3.63, 3.8) is 0 Å². The summed E-state index contributed by atoms with van der Waals surface area (Å²) in [6.07, 6.45) is 1.56. The van der Waals surface area contributed by atoms with Crippen molar-refractivity contribution in [1.29, 1.82) is 0 Å². The summed E-state index contributed by atoms with van der Waals surface area (Å²) < 4.78 is 5.73. The molecule has 0 saturated carbocycles. The number of carbonyl (C=O) groups excluding carboxylic acids is 2. The second-order valence-corrected chi connectivity index (χ2v) is 9.36. The van der Waals surface area contributed by atoms with Crippen LogP contribution in [-0.4, -0.2) is 47.9 Å². The van der Waals surface area contributed by atoms with E-state index in [1.807, 2.05) is 77.0 Å². The van der Waals surface area contributed by atoms with Gasteiger partial charge in [-0.2, -0.15) is 0 Å². The maximum Gasteiger partial charge on any atom is 0.274 e. The molecule has 8 heteroatoms. The number of nitrogens with one attached hydrogen (secondary N) is 1. The summed E-state index contributed by atoms with van der Waals surface area (Å²) in [7, 11) is 0. The molecule has 0 spiro atoms. The first-order valence-electron chi connectivity index (χ1n) is 11.8. The molecule has 0 radical (unpaired) electrons. The van der Waals surface area contributed by atoms with E-state index in [4.69, 9.17) is 4.74 Å². The Labute approximate surface area is 214 Å². The Bertz CT molecular complexity index is 1290. The predicted octanol–water partition coefficient (Wildman–Crippen LogP) is 4.94. The minimum Gasteiger partial charge on any atom is -0.487 e. The smallest absolute Gasteiger partial charge is 0.274 e. The molecular weight excluding hydrogens is 472 g/mol. The van der Waals surface area contributed by atoms with Crippen LogP contribution in [0.4, 0.5) is 11.4 Å². The molecule has 182 valence electrons. The van der Waals surface area contributed by atoms with Gasteiger partial charge in [0.05, 0.1) is 11.1 Å². The van der Waals surface area contributed by atoms with Crippen molar-refractivity contribution in [3.8, 4) is 5.75 Å². The van der Waals surface area contributed by atoms with Crippen molar-refractivity contribution in [1.82, 2.24) is 9.88 Å². The number of carbonyl (C=O) groups is 2. The van der Waals surface area contributed by atoms with Gasteiger partial charge in [0.1, 0.15) is 18.1 Å². The molecule has 7 nitrogen and oxygen atoms in total. The van der Waals surface area contributed by atoms with E-state index in [0.717, 1.165) is 29.2 Å². The molecule has 1 aliphatic heterocycles. The maximum atomic E-state index is 12.6. The van der Waals surface area contributed by atoms with Crippen LogP contribution in [-0.2, 0) is 6.61 Å². The van der Waals surface area contributed by atoms with Crippen LogP contribution in [0.5, 0.6) is 5.75 Å². The van der Waals surface area contributed by atoms with Crippen molar-refractivity contribution >= 4 is 34.5 Å². The van der Waals surface area contributed by atoms with Crippen LogP contribution in [0.25, 0.3) is 0 Å². The summed E-state index contributed by atoms with van der Waals surface area (Å²) in [6, 6.07) is 24.8. The number of aromatic nitrogens is 1. The first-order valence-corrected chi connectivity index (χ1v) is 12.7. The van der Waals surface area contributed by atoms with Crippen LogP contribution in [0, 0.1) is 0 Å². The number of piperazine rings is 1. The number of amides is 2. The first-order chi connectivity index (χ1) is 17.7. The number of nitrogens with zero attached hydrogens (tertiary/aromatic N) is 3. The molecular formula is C28H26N4O3S. The lowest BCUT2D eigenvalue weighted by Crippen LogP contribution is -2.48. The van der Waals surface area contributed by atoms with Crippen molar-refractivity contribution in [2.24, 2.45) is 0 Å². The Morgan fingerprint density at radius 1 is 0.889 bits per heavy atom. The van der Waals surface area contributed by atoms with Gasteiger partial charge in [-0.05, 0) is 53.4 Å². The summed E-state index contributed by atoms with van der Waals surface area (Å²) in [5.41, 5.74) is 3.14. The van der Waals surface area contributed by atoms with E-state index in [-0.39, 0.29) is 11.8 Å². The molecule has 1 saturated heterocycles. The molecule has 2 aromatic heterocycles. The number of anilines is 2. The van der Waals surface area contributed by atoms with E-state index in [2.05, 4.69) is 15.2 Å². The van der Waals surface area contributed by atoms with E-state index in [1.54, 1.807) is 18.3 Å². The molecule has 0 atom stereocenters. The number of benzene rings is 2. The molecule has 0 unspecified atom stereocenters. The van der Waals surface area contributed by atoms with Gasteiger partial charge in [0, 0.05) is 37.6 Å². The van der Waals surface area contributed by atoms with Gasteiger partial charge >= 0.3 is 0 Å². The summed E-state index contributed by atoms with van der Waals surface area (Å²) in [5.74, 6) is 0.433. The second kappa shape index (κ2) is 11.0. The highest BCUT2D eigenvalue weighted by Crippen LogP contribution is 2.21. The number of hydrogen-bond acceptors (Lipinski definition) is 6. The third kappa shape index (κ3) is 5.72. The van der Waals surface area contributed by atoms with E-state index in [9.17, 15) is 9.59 Å². The van der Waals surface area contributed by atoms with Crippen molar-refractivity contribution in [2.75, 3.05) is 36.4 Å². The van der Waals surface area contributed by atoms with Crippen molar-refractivity contribution < 1.29 is 14.3 Å². The van der Waals surface area contributed by atoms with E-state index < -0.39 is 0 Å². The van der Waals surface area contributed by atoms with Gasteiger partial charge in [-0.15, -0.1) is 11.3 Å². The molecule has 3 heterocycles. The minimum atomic E-state index is -0.280. The quantitative estimate of drug-likeness (QED) is 0.391. The van der Waals surface area contributed by atoms with E-state index in [0.29, 0.717) is 36.8 Å². The molecule has 2 aromatic carbocycles. The highest BCUT2D eigenvalue weighted by atomic mass is 32.1. The average molecular weight is 499 g/mol. The zero-order valence-electron chi connectivity index (χ0n) is 19.7. The maximum absolute atomic E-state index is 12.6. The highest BCUT2D eigenvalue weighted by molar-refractivity contribution is 7.12. The summed E-state index contributed by atoms with van der Waals surface area (Å²) in [6.45, 7) is 3.36. The first kappa shape index (κ1) is 23.6. The van der Waals surface area contributed by atoms with Crippen LogP contribution in [0.2, 0.25) is 0 Å². The number of rotatable bonds is 7. The summed E-state index contributed by atoms with van der Waals surface area (Å²) in [5, 5.41) is 4.82. The average Bonchev–Trinajstić information content (AvgIpc) is 3.48. The van der Waals surface area contributed by atoms with Gasteiger partial charge in [-0.25, -0.2) is 4.98 Å². The SMILES string of the molecule is O=C(Nc1ccc(N2CCN(C(=O)c3cccs3)CC2)cc1)c1ccc(OCc2ccccc2)cn1. The molecule has 2 amide bonds. The number of ether oxygens (including phenoxy) is 1. The second-order valence-electron chi connectivity index (χ2n) is 8.41. The fourth-order valence-corrected chi connectivity index (χ4v) is 4.71. The zero-order chi connectivity index (χ0) is 24.7. The van der Waals surface area contributed by atoms with Gasteiger partial charge < -0.3 is 19.9 Å². The molecule has 1 aliphatic rings. The van der Waals surface area contributed by atoms with Crippen LogP contribution in [0.3, 0.4) is 0 Å². The fourth-order valence-electron chi connectivity index (χ4n) is 4.02. The standard InChI is InChI=1S/C28H26N4O3S/c33-27(25-13-12-24(19-29-25)35-20-21-5-2-1-3-6-21)30-22-8-10-23(11-9-22)31-14-16-32(17-15-31)28(34)26-7-4-18-36-26/h1-13,18-19H,14-17,20H2,(H,30,33). The topological polar surface area (TPSA) is 74.8 Å². The van der Waals surface area contributed by atoms with Crippen molar-refractivity contribution in [2.45, 2.75) is 6.61 Å². The third-order valence-electron chi connectivity index (χ3n) is 6.01. The number of thiophene rings is 1. The van der Waals surface area contributed by atoms with Crippen LogP contribution in [0.15, 0.2) is 90.4 Å². The molecule has 1 N–H and O–H groups in total.